The molecule has 0 aromatic heterocycles. The van der Waals surface area contributed by atoms with Gasteiger partial charge in [-0.05, 0) is 31.2 Å². The Morgan fingerprint density at radius 2 is 2.16 bits per heavy atom. The van der Waals surface area contributed by atoms with Crippen LogP contribution >= 0.6 is 11.6 Å². The number of benzene rings is 1. The summed E-state index contributed by atoms with van der Waals surface area (Å²) in [4.78, 5) is 0.249. The molecule has 0 radical (unpaired) electrons. The first-order valence-electron chi connectivity index (χ1n) is 6.20. The standard InChI is InChI=1S/C13H20ClNO3S/c1-3-7-15-12(9-18-2)10-19(16,17)13-6-4-5-11(14)8-13/h4-6,8,12,15H,3,7,9-10H2,1-2H3. The van der Waals surface area contributed by atoms with Gasteiger partial charge in [-0.1, -0.05) is 24.6 Å². The number of methoxy groups -OCH3 is 1. The number of hydrogen-bond acceptors (Lipinski definition) is 4. The van der Waals surface area contributed by atoms with Gasteiger partial charge in [0.25, 0.3) is 0 Å². The first-order chi connectivity index (χ1) is 8.99. The van der Waals surface area contributed by atoms with Gasteiger partial charge in [0.1, 0.15) is 0 Å². The topological polar surface area (TPSA) is 55.4 Å². The lowest BCUT2D eigenvalue weighted by atomic mass is 10.3. The summed E-state index contributed by atoms with van der Waals surface area (Å²) in [5.74, 6) is 0.00117. The molecule has 1 unspecified atom stereocenters. The van der Waals surface area contributed by atoms with Crippen molar-refractivity contribution in [3.05, 3.63) is 29.3 Å². The average Bonchev–Trinajstić information content (AvgIpc) is 2.36. The third-order valence-corrected chi connectivity index (χ3v) is 4.68. The minimum Gasteiger partial charge on any atom is -0.383 e. The molecule has 0 spiro atoms. The van der Waals surface area contributed by atoms with Gasteiger partial charge in [0.2, 0.25) is 0 Å². The number of sulfone groups is 1. The van der Waals surface area contributed by atoms with Crippen LogP contribution in [0.25, 0.3) is 0 Å². The highest BCUT2D eigenvalue weighted by Gasteiger charge is 2.21. The molecule has 4 nitrogen and oxygen atoms in total. The second-order valence-corrected chi connectivity index (χ2v) is 6.82. The zero-order chi connectivity index (χ0) is 14.3. The van der Waals surface area contributed by atoms with Crippen LogP contribution in [-0.4, -0.2) is 40.5 Å². The van der Waals surface area contributed by atoms with Crippen LogP contribution in [0.1, 0.15) is 13.3 Å². The Labute approximate surface area is 120 Å². The van der Waals surface area contributed by atoms with Gasteiger partial charge in [0.15, 0.2) is 9.84 Å². The molecule has 6 heteroatoms. The minimum atomic E-state index is -3.36. The summed E-state index contributed by atoms with van der Waals surface area (Å²) in [6.45, 7) is 3.15. The smallest absolute Gasteiger partial charge is 0.180 e. The van der Waals surface area contributed by atoms with E-state index in [0.717, 1.165) is 13.0 Å². The van der Waals surface area contributed by atoms with Gasteiger partial charge >= 0.3 is 0 Å². The van der Waals surface area contributed by atoms with Crippen LogP contribution in [0, 0.1) is 0 Å². The average molecular weight is 306 g/mol. The zero-order valence-electron chi connectivity index (χ0n) is 11.2. The molecule has 0 aliphatic heterocycles. The summed E-state index contributed by atoms with van der Waals surface area (Å²) in [5.41, 5.74) is 0. The summed E-state index contributed by atoms with van der Waals surface area (Å²) in [7, 11) is -1.80. The first-order valence-corrected chi connectivity index (χ1v) is 8.23. The van der Waals surface area contributed by atoms with Gasteiger partial charge in [0, 0.05) is 18.2 Å². The van der Waals surface area contributed by atoms with Crippen molar-refractivity contribution in [3.63, 3.8) is 0 Å². The highest BCUT2D eigenvalue weighted by molar-refractivity contribution is 7.91. The first kappa shape index (κ1) is 16.4. The molecule has 0 amide bonds. The molecule has 1 rings (SSSR count). The van der Waals surface area contributed by atoms with Crippen LogP contribution in [0.5, 0.6) is 0 Å². The van der Waals surface area contributed by atoms with Crippen molar-refractivity contribution in [2.75, 3.05) is 26.0 Å². The van der Waals surface area contributed by atoms with Gasteiger partial charge in [-0.25, -0.2) is 8.42 Å². The van der Waals surface area contributed by atoms with Gasteiger partial charge in [-0.2, -0.15) is 0 Å². The lowest BCUT2D eigenvalue weighted by Crippen LogP contribution is -2.39. The van der Waals surface area contributed by atoms with E-state index < -0.39 is 9.84 Å². The Hall–Kier alpha value is -0.620. The van der Waals surface area contributed by atoms with Crippen molar-refractivity contribution >= 4 is 21.4 Å². The molecular weight excluding hydrogens is 286 g/mol. The highest BCUT2D eigenvalue weighted by atomic mass is 35.5. The van der Waals surface area contributed by atoms with E-state index in [-0.39, 0.29) is 16.7 Å². The van der Waals surface area contributed by atoms with Gasteiger partial charge in [0.05, 0.1) is 17.3 Å². The van der Waals surface area contributed by atoms with Gasteiger partial charge in [-0.15, -0.1) is 0 Å². The molecule has 1 aromatic rings. The van der Waals surface area contributed by atoms with Crippen LogP contribution < -0.4 is 5.32 Å². The largest absolute Gasteiger partial charge is 0.383 e. The van der Waals surface area contributed by atoms with E-state index in [0.29, 0.717) is 11.6 Å². The van der Waals surface area contributed by atoms with Crippen molar-refractivity contribution in [1.29, 1.82) is 0 Å². The molecule has 108 valence electrons. The molecule has 0 heterocycles. The molecule has 0 aliphatic rings. The number of hydrogen-bond donors (Lipinski definition) is 1. The molecule has 0 fully saturated rings. The Morgan fingerprint density at radius 3 is 2.74 bits per heavy atom. The van der Waals surface area contributed by atoms with Crippen LogP contribution in [0.2, 0.25) is 5.02 Å². The van der Waals surface area contributed by atoms with Crippen LogP contribution in [-0.2, 0) is 14.6 Å². The maximum atomic E-state index is 12.3. The van der Waals surface area contributed by atoms with Gasteiger partial charge in [-0.3, -0.25) is 0 Å². The molecule has 19 heavy (non-hydrogen) atoms. The SMILES string of the molecule is CCCNC(COC)CS(=O)(=O)c1cccc(Cl)c1. The van der Waals surface area contributed by atoms with Crippen LogP contribution in [0.3, 0.4) is 0 Å². The summed E-state index contributed by atoms with van der Waals surface area (Å²) in [6, 6.07) is 6.11. The van der Waals surface area contributed by atoms with Crippen LogP contribution in [0.15, 0.2) is 29.2 Å². The number of nitrogens with one attached hydrogen (secondary N) is 1. The second kappa shape index (κ2) is 7.85. The van der Waals surface area contributed by atoms with Crippen molar-refractivity contribution in [2.24, 2.45) is 0 Å². The number of halogens is 1. The Bertz CT molecular complexity index is 490. The molecular formula is C13H20ClNO3S. The molecule has 0 saturated carbocycles. The zero-order valence-corrected chi connectivity index (χ0v) is 12.8. The molecule has 0 aliphatic carbocycles. The molecule has 1 atom stereocenters. The molecule has 1 aromatic carbocycles. The highest BCUT2D eigenvalue weighted by Crippen LogP contribution is 2.17. The molecule has 1 N–H and O–H groups in total. The van der Waals surface area contributed by atoms with Crippen molar-refractivity contribution in [2.45, 2.75) is 24.3 Å². The van der Waals surface area contributed by atoms with Crippen molar-refractivity contribution in [3.8, 4) is 0 Å². The monoisotopic (exact) mass is 305 g/mol. The summed E-state index contributed by atoms with van der Waals surface area (Å²) < 4.78 is 29.6. The molecule has 0 saturated heterocycles. The van der Waals surface area contributed by atoms with E-state index >= 15 is 0 Å². The number of rotatable bonds is 8. The Morgan fingerprint density at radius 1 is 1.42 bits per heavy atom. The van der Waals surface area contributed by atoms with E-state index in [9.17, 15) is 8.42 Å². The van der Waals surface area contributed by atoms with Crippen molar-refractivity contribution < 1.29 is 13.2 Å². The van der Waals surface area contributed by atoms with E-state index in [1.807, 2.05) is 6.92 Å². The maximum Gasteiger partial charge on any atom is 0.180 e. The van der Waals surface area contributed by atoms with E-state index in [1.54, 1.807) is 25.3 Å². The lowest BCUT2D eigenvalue weighted by molar-refractivity contribution is 0.173. The summed E-state index contributed by atoms with van der Waals surface area (Å²) in [5, 5.41) is 3.60. The van der Waals surface area contributed by atoms with Crippen LogP contribution in [0.4, 0.5) is 0 Å². The maximum absolute atomic E-state index is 12.3. The third kappa shape index (κ3) is 5.48. The summed E-state index contributed by atoms with van der Waals surface area (Å²) in [6.07, 6.45) is 0.942. The third-order valence-electron chi connectivity index (χ3n) is 2.63. The predicted octanol–water partition coefficient (Wildman–Crippen LogP) is 2.13. The molecule has 0 bridgehead atoms. The van der Waals surface area contributed by atoms with Gasteiger partial charge < -0.3 is 10.1 Å². The quantitative estimate of drug-likeness (QED) is 0.799. The Balaban J connectivity index is 2.81. The second-order valence-electron chi connectivity index (χ2n) is 4.35. The van der Waals surface area contributed by atoms with E-state index in [2.05, 4.69) is 5.32 Å². The van der Waals surface area contributed by atoms with E-state index in [4.69, 9.17) is 16.3 Å². The fourth-order valence-corrected chi connectivity index (χ4v) is 3.52. The van der Waals surface area contributed by atoms with Crippen molar-refractivity contribution in [1.82, 2.24) is 5.32 Å². The fraction of sp³-hybridized carbons (Fsp3) is 0.538. The summed E-state index contributed by atoms with van der Waals surface area (Å²) >= 11 is 5.83. The van der Waals surface area contributed by atoms with E-state index in [1.165, 1.54) is 6.07 Å². The fourth-order valence-electron chi connectivity index (χ4n) is 1.74. The Kier molecular flexibility index (Phi) is 6.79. The lowest BCUT2D eigenvalue weighted by Gasteiger charge is -2.17. The minimum absolute atomic E-state index is 0.00117. The number of ether oxygens (including phenoxy) is 1. The predicted molar refractivity (Wildman–Crippen MR) is 77.5 cm³/mol. The normalized spacial score (nSPS) is 13.4.